The fraction of sp³-hybridized carbons (Fsp3) is 0.278. The van der Waals surface area contributed by atoms with E-state index in [4.69, 9.17) is 9.88 Å². The van der Waals surface area contributed by atoms with Crippen LogP contribution in [-0.2, 0) is 20.9 Å². The lowest BCUT2D eigenvalue weighted by molar-refractivity contribution is -0.137. The van der Waals surface area contributed by atoms with Gasteiger partial charge in [-0.05, 0) is 36.4 Å². The summed E-state index contributed by atoms with van der Waals surface area (Å²) in [5.74, 6) is -0.753. The largest absolute Gasteiger partial charge is 0.416 e. The Morgan fingerprint density at radius 3 is 2.41 bits per heavy atom. The van der Waals surface area contributed by atoms with Gasteiger partial charge < -0.3 is 15.0 Å². The fourth-order valence-corrected chi connectivity index (χ4v) is 3.47. The van der Waals surface area contributed by atoms with Crippen molar-refractivity contribution in [2.45, 2.75) is 11.1 Å². The summed E-state index contributed by atoms with van der Waals surface area (Å²) in [6, 6.07) is 8.01. The van der Waals surface area contributed by atoms with Gasteiger partial charge in [0.05, 0.1) is 29.2 Å². The second kappa shape index (κ2) is 8.01. The zero-order chi connectivity index (χ0) is 21.2. The molecule has 0 spiro atoms. The van der Waals surface area contributed by atoms with Gasteiger partial charge in [-0.3, -0.25) is 4.79 Å². The lowest BCUT2D eigenvalue weighted by Crippen LogP contribution is -2.37. The lowest BCUT2D eigenvalue weighted by atomic mass is 10.1. The van der Waals surface area contributed by atoms with Gasteiger partial charge in [-0.25, -0.2) is 13.6 Å². The van der Waals surface area contributed by atoms with Crippen molar-refractivity contribution in [2.75, 3.05) is 36.5 Å². The molecule has 0 saturated carbocycles. The third kappa shape index (κ3) is 5.05. The van der Waals surface area contributed by atoms with Gasteiger partial charge in [-0.2, -0.15) is 13.2 Å². The molecule has 0 bridgehead atoms. The molecule has 1 saturated heterocycles. The number of halogens is 3. The van der Waals surface area contributed by atoms with Crippen molar-refractivity contribution in [1.82, 2.24) is 0 Å². The molecule has 0 aliphatic carbocycles. The quantitative estimate of drug-likeness (QED) is 0.778. The van der Waals surface area contributed by atoms with Crippen LogP contribution in [0.3, 0.4) is 0 Å². The number of benzene rings is 2. The summed E-state index contributed by atoms with van der Waals surface area (Å²) >= 11 is 0. The van der Waals surface area contributed by atoms with E-state index in [9.17, 15) is 26.4 Å². The average molecular weight is 429 g/mol. The predicted molar refractivity (Wildman–Crippen MR) is 100 cm³/mol. The van der Waals surface area contributed by atoms with Crippen LogP contribution in [0.2, 0.25) is 0 Å². The Balaban J connectivity index is 1.97. The Hall–Kier alpha value is -2.63. The van der Waals surface area contributed by atoms with E-state index in [2.05, 4.69) is 5.32 Å². The van der Waals surface area contributed by atoms with Crippen LogP contribution >= 0.6 is 0 Å². The van der Waals surface area contributed by atoms with Gasteiger partial charge in [-0.1, -0.05) is 6.07 Å². The van der Waals surface area contributed by atoms with Crippen molar-refractivity contribution in [3.63, 3.8) is 0 Å². The molecule has 156 valence electrons. The highest BCUT2D eigenvalue weighted by atomic mass is 32.2. The molecule has 1 amide bonds. The topological polar surface area (TPSA) is 102 Å². The van der Waals surface area contributed by atoms with E-state index in [1.165, 1.54) is 24.3 Å². The molecule has 7 nitrogen and oxygen atoms in total. The third-order valence-corrected chi connectivity index (χ3v) is 5.25. The van der Waals surface area contributed by atoms with E-state index in [1.54, 1.807) is 0 Å². The van der Waals surface area contributed by atoms with E-state index in [0.717, 1.165) is 18.2 Å². The van der Waals surface area contributed by atoms with Gasteiger partial charge in [0, 0.05) is 24.5 Å². The molecule has 3 rings (SSSR count). The smallest absolute Gasteiger partial charge is 0.378 e. The number of sulfonamides is 1. The normalized spacial score (nSPS) is 15.2. The highest BCUT2D eigenvalue weighted by molar-refractivity contribution is 7.89. The van der Waals surface area contributed by atoms with Crippen molar-refractivity contribution in [1.29, 1.82) is 0 Å². The zero-order valence-corrected chi connectivity index (χ0v) is 15.9. The van der Waals surface area contributed by atoms with Crippen molar-refractivity contribution in [3.05, 3.63) is 53.6 Å². The first-order chi connectivity index (χ1) is 13.6. The molecule has 0 unspecified atom stereocenters. The van der Waals surface area contributed by atoms with Gasteiger partial charge >= 0.3 is 6.18 Å². The number of nitrogens with two attached hydrogens (primary N) is 1. The second-order valence-electron chi connectivity index (χ2n) is 6.36. The molecule has 1 aliphatic heterocycles. The van der Waals surface area contributed by atoms with Crippen LogP contribution in [0.5, 0.6) is 0 Å². The molecular weight excluding hydrogens is 411 g/mol. The molecule has 0 radical (unpaired) electrons. The summed E-state index contributed by atoms with van der Waals surface area (Å²) < 4.78 is 67.4. The van der Waals surface area contributed by atoms with Crippen LogP contribution in [0.25, 0.3) is 0 Å². The minimum atomic E-state index is -4.56. The molecule has 2 aromatic carbocycles. The summed E-state index contributed by atoms with van der Waals surface area (Å²) in [5, 5.41) is 7.55. The first-order valence-corrected chi connectivity index (χ1v) is 10.1. The number of carbonyl (C=O) groups is 1. The van der Waals surface area contributed by atoms with E-state index in [-0.39, 0.29) is 16.1 Å². The Morgan fingerprint density at radius 1 is 1.10 bits per heavy atom. The number of nitrogens with zero attached hydrogens (tertiary/aromatic N) is 1. The number of primary sulfonamides is 1. The number of morpholine rings is 1. The molecule has 0 aromatic heterocycles. The Bertz CT molecular complexity index is 1020. The second-order valence-corrected chi connectivity index (χ2v) is 7.92. The Labute approximate surface area is 165 Å². The van der Waals surface area contributed by atoms with Crippen LogP contribution in [0.15, 0.2) is 47.4 Å². The van der Waals surface area contributed by atoms with Crippen molar-refractivity contribution < 1.29 is 31.1 Å². The minimum Gasteiger partial charge on any atom is -0.378 e. The van der Waals surface area contributed by atoms with E-state index < -0.39 is 27.7 Å². The number of ether oxygens (including phenoxy) is 1. The van der Waals surface area contributed by atoms with Gasteiger partial charge in [0.2, 0.25) is 10.0 Å². The van der Waals surface area contributed by atoms with E-state index in [0.29, 0.717) is 32.0 Å². The van der Waals surface area contributed by atoms with Crippen LogP contribution in [-0.4, -0.2) is 40.6 Å². The number of rotatable bonds is 4. The van der Waals surface area contributed by atoms with E-state index >= 15 is 0 Å². The SMILES string of the molecule is NS(=O)(=O)c1ccc(N2CCOCC2)c(C(=O)Nc2cccc(C(F)(F)F)c2)c1. The lowest BCUT2D eigenvalue weighted by Gasteiger charge is -2.30. The molecule has 1 fully saturated rings. The van der Waals surface area contributed by atoms with Gasteiger partial charge in [0.15, 0.2) is 0 Å². The summed E-state index contributed by atoms with van der Waals surface area (Å²) in [6.45, 7) is 1.79. The van der Waals surface area contributed by atoms with E-state index in [1.807, 2.05) is 4.90 Å². The first kappa shape index (κ1) is 21.1. The molecular formula is C18H18F3N3O4S. The molecule has 0 atom stereocenters. The summed E-state index contributed by atoms with van der Waals surface area (Å²) in [4.78, 5) is 14.4. The van der Waals surface area contributed by atoms with Gasteiger partial charge in [0.1, 0.15) is 0 Å². The van der Waals surface area contributed by atoms with Gasteiger partial charge in [-0.15, -0.1) is 0 Å². The molecule has 3 N–H and O–H groups in total. The van der Waals surface area contributed by atoms with Crippen molar-refractivity contribution >= 4 is 27.3 Å². The standard InChI is InChI=1S/C18H18F3N3O4S/c19-18(20,21)12-2-1-3-13(10-12)23-17(25)15-11-14(29(22,26)27)4-5-16(15)24-6-8-28-9-7-24/h1-5,10-11H,6-9H2,(H,23,25)(H2,22,26,27). The monoisotopic (exact) mass is 429 g/mol. The molecule has 2 aromatic rings. The molecule has 1 aliphatic rings. The van der Waals surface area contributed by atoms with Crippen LogP contribution in [0, 0.1) is 0 Å². The van der Waals surface area contributed by atoms with Crippen LogP contribution < -0.4 is 15.4 Å². The van der Waals surface area contributed by atoms with Crippen molar-refractivity contribution in [2.24, 2.45) is 5.14 Å². The third-order valence-electron chi connectivity index (χ3n) is 4.34. The summed E-state index contributed by atoms with van der Waals surface area (Å²) in [6.07, 6.45) is -4.56. The number of hydrogen-bond donors (Lipinski definition) is 2. The molecule has 11 heteroatoms. The number of nitrogens with one attached hydrogen (secondary N) is 1. The predicted octanol–water partition coefficient (Wildman–Crippen LogP) is 2.44. The summed E-state index contributed by atoms with van der Waals surface area (Å²) in [5.41, 5.74) is -0.568. The first-order valence-electron chi connectivity index (χ1n) is 8.54. The fourth-order valence-electron chi connectivity index (χ4n) is 2.93. The summed E-state index contributed by atoms with van der Waals surface area (Å²) in [7, 11) is -4.08. The van der Waals surface area contributed by atoms with Crippen molar-refractivity contribution in [3.8, 4) is 0 Å². The highest BCUT2D eigenvalue weighted by Crippen LogP contribution is 2.31. The number of hydrogen-bond acceptors (Lipinski definition) is 5. The number of carbonyl (C=O) groups excluding carboxylic acids is 1. The minimum absolute atomic E-state index is 0.0177. The van der Waals surface area contributed by atoms with Crippen LogP contribution in [0.1, 0.15) is 15.9 Å². The number of amides is 1. The molecule has 29 heavy (non-hydrogen) atoms. The van der Waals surface area contributed by atoms with Gasteiger partial charge in [0.25, 0.3) is 5.91 Å². The molecule has 1 heterocycles. The maximum atomic E-state index is 12.9. The Morgan fingerprint density at radius 2 is 1.79 bits per heavy atom. The number of alkyl halides is 3. The average Bonchev–Trinajstić information content (AvgIpc) is 2.67. The maximum absolute atomic E-state index is 12.9. The maximum Gasteiger partial charge on any atom is 0.416 e. The van der Waals surface area contributed by atoms with Crippen LogP contribution in [0.4, 0.5) is 24.5 Å². The number of anilines is 2. The Kier molecular flexibility index (Phi) is 5.82. The zero-order valence-electron chi connectivity index (χ0n) is 15.1. The highest BCUT2D eigenvalue weighted by Gasteiger charge is 2.30.